The summed E-state index contributed by atoms with van der Waals surface area (Å²) in [6, 6.07) is 0. The lowest BCUT2D eigenvalue weighted by molar-refractivity contribution is -0.144. The molecule has 2 aliphatic rings. The number of oxime groups is 1. The minimum atomic E-state index is -0.957. The van der Waals surface area contributed by atoms with Crippen LogP contribution in [0, 0.1) is 5.41 Å². The van der Waals surface area contributed by atoms with E-state index in [2.05, 4.69) is 10.1 Å². The molecular formula is C13H19N5O3. The number of carbonyl (C=O) groups is 1. The lowest BCUT2D eigenvalue weighted by Gasteiger charge is -2.39. The summed E-state index contributed by atoms with van der Waals surface area (Å²) in [5.74, 6) is 0.733. The van der Waals surface area contributed by atoms with Crippen LogP contribution in [0.4, 0.5) is 0 Å². The summed E-state index contributed by atoms with van der Waals surface area (Å²) >= 11 is 0. The third-order valence-corrected chi connectivity index (χ3v) is 4.39. The highest BCUT2D eigenvalue weighted by Crippen LogP contribution is 2.34. The van der Waals surface area contributed by atoms with Gasteiger partial charge in [0, 0.05) is 38.7 Å². The first kappa shape index (κ1) is 13.9. The molecule has 0 radical (unpaired) electrons. The van der Waals surface area contributed by atoms with E-state index in [1.54, 1.807) is 11.1 Å². The second-order valence-corrected chi connectivity index (χ2v) is 5.44. The van der Waals surface area contributed by atoms with Crippen molar-refractivity contribution in [2.45, 2.75) is 25.9 Å². The Bertz CT molecular complexity index is 562. The van der Waals surface area contributed by atoms with E-state index in [0.717, 1.165) is 5.82 Å². The fraction of sp³-hybridized carbons (Fsp3) is 0.615. The first-order valence-electron chi connectivity index (χ1n) is 7.02. The van der Waals surface area contributed by atoms with Gasteiger partial charge in [-0.1, -0.05) is 5.16 Å². The van der Waals surface area contributed by atoms with Crippen LogP contribution in [-0.2, 0) is 22.6 Å². The molecule has 1 fully saturated rings. The normalized spacial score (nSPS) is 21.9. The molecule has 1 amide bonds. The number of amides is 1. The molecule has 0 unspecified atom stereocenters. The molecule has 8 nitrogen and oxygen atoms in total. The van der Waals surface area contributed by atoms with Crippen LogP contribution in [0.15, 0.2) is 17.5 Å². The van der Waals surface area contributed by atoms with E-state index >= 15 is 0 Å². The molecule has 114 valence electrons. The monoisotopic (exact) mass is 293 g/mol. The standard InChI is InChI=1S/C13H19N5O3/c14-11(16-20)13(1-7-21-8-2-13)12(19)18-6-5-17-4-3-15-10(17)9-18/h3-4,20H,1-2,5-9H2,(H2,14,16). The van der Waals surface area contributed by atoms with E-state index in [1.165, 1.54) is 0 Å². The van der Waals surface area contributed by atoms with Crippen molar-refractivity contribution in [3.63, 3.8) is 0 Å². The van der Waals surface area contributed by atoms with Gasteiger partial charge in [-0.15, -0.1) is 0 Å². The lowest BCUT2D eigenvalue weighted by atomic mass is 9.77. The number of aromatic nitrogens is 2. The number of amidine groups is 1. The molecule has 1 aromatic rings. The molecule has 3 heterocycles. The molecule has 1 aromatic heterocycles. The van der Waals surface area contributed by atoms with Crippen molar-refractivity contribution < 1.29 is 14.7 Å². The van der Waals surface area contributed by atoms with E-state index < -0.39 is 5.41 Å². The van der Waals surface area contributed by atoms with Crippen LogP contribution in [0.3, 0.4) is 0 Å². The zero-order valence-corrected chi connectivity index (χ0v) is 11.7. The van der Waals surface area contributed by atoms with Crippen LogP contribution in [-0.4, -0.2) is 51.2 Å². The van der Waals surface area contributed by atoms with Crippen LogP contribution in [0.5, 0.6) is 0 Å². The van der Waals surface area contributed by atoms with Gasteiger partial charge in [0.05, 0.1) is 6.54 Å². The smallest absolute Gasteiger partial charge is 0.237 e. The summed E-state index contributed by atoms with van der Waals surface area (Å²) in [6.07, 6.45) is 4.52. The Balaban J connectivity index is 1.85. The molecule has 21 heavy (non-hydrogen) atoms. The van der Waals surface area contributed by atoms with Gasteiger partial charge < -0.3 is 25.1 Å². The van der Waals surface area contributed by atoms with Crippen LogP contribution in [0.2, 0.25) is 0 Å². The van der Waals surface area contributed by atoms with E-state index in [-0.39, 0.29) is 11.7 Å². The van der Waals surface area contributed by atoms with Gasteiger partial charge in [0.1, 0.15) is 11.2 Å². The summed E-state index contributed by atoms with van der Waals surface area (Å²) in [4.78, 5) is 19.0. The molecule has 0 bridgehead atoms. The van der Waals surface area contributed by atoms with Gasteiger partial charge in [-0.25, -0.2) is 4.98 Å². The Morgan fingerprint density at radius 3 is 2.90 bits per heavy atom. The summed E-state index contributed by atoms with van der Waals surface area (Å²) < 4.78 is 7.35. The average molecular weight is 293 g/mol. The Hall–Kier alpha value is -2.09. The van der Waals surface area contributed by atoms with Crippen molar-refractivity contribution >= 4 is 11.7 Å². The maximum atomic E-state index is 13.0. The van der Waals surface area contributed by atoms with E-state index in [1.807, 2.05) is 10.8 Å². The van der Waals surface area contributed by atoms with Gasteiger partial charge in [0.25, 0.3) is 0 Å². The molecule has 0 aliphatic carbocycles. The van der Waals surface area contributed by atoms with E-state index in [4.69, 9.17) is 15.7 Å². The molecule has 0 saturated carbocycles. The van der Waals surface area contributed by atoms with Crippen LogP contribution >= 0.6 is 0 Å². The first-order chi connectivity index (χ1) is 10.2. The number of imidazole rings is 1. The lowest BCUT2D eigenvalue weighted by Crippen LogP contribution is -2.55. The molecule has 0 spiro atoms. The second-order valence-electron chi connectivity index (χ2n) is 5.44. The minimum Gasteiger partial charge on any atom is -0.409 e. The number of ether oxygens (including phenoxy) is 1. The highest BCUT2D eigenvalue weighted by atomic mass is 16.5. The number of hydrogen-bond donors (Lipinski definition) is 2. The third kappa shape index (κ3) is 2.25. The molecule has 3 N–H and O–H groups in total. The largest absolute Gasteiger partial charge is 0.409 e. The zero-order chi connectivity index (χ0) is 14.9. The van der Waals surface area contributed by atoms with Gasteiger partial charge >= 0.3 is 0 Å². The molecule has 2 aliphatic heterocycles. The molecule has 0 atom stereocenters. The van der Waals surface area contributed by atoms with E-state index in [9.17, 15) is 4.79 Å². The summed E-state index contributed by atoms with van der Waals surface area (Å²) in [5.41, 5.74) is 4.88. The topological polar surface area (TPSA) is 106 Å². The van der Waals surface area contributed by atoms with Crippen molar-refractivity contribution in [1.29, 1.82) is 0 Å². The van der Waals surface area contributed by atoms with Crippen molar-refractivity contribution in [1.82, 2.24) is 14.5 Å². The van der Waals surface area contributed by atoms with E-state index in [0.29, 0.717) is 45.7 Å². The van der Waals surface area contributed by atoms with Crippen molar-refractivity contribution in [3.05, 3.63) is 18.2 Å². The average Bonchev–Trinajstić information content (AvgIpc) is 3.01. The van der Waals surface area contributed by atoms with Gasteiger partial charge in [0.2, 0.25) is 5.91 Å². The number of hydrogen-bond acceptors (Lipinski definition) is 5. The molecule has 8 heteroatoms. The number of carbonyl (C=O) groups excluding carboxylic acids is 1. The Morgan fingerprint density at radius 2 is 2.19 bits per heavy atom. The van der Waals surface area contributed by atoms with Crippen LogP contribution in [0.25, 0.3) is 0 Å². The molecule has 0 aromatic carbocycles. The van der Waals surface area contributed by atoms with Gasteiger partial charge in [-0.05, 0) is 12.8 Å². The highest BCUT2D eigenvalue weighted by molar-refractivity contribution is 6.06. The third-order valence-electron chi connectivity index (χ3n) is 4.39. The van der Waals surface area contributed by atoms with Crippen molar-refractivity contribution in [2.24, 2.45) is 16.3 Å². The van der Waals surface area contributed by atoms with Gasteiger partial charge in [-0.2, -0.15) is 0 Å². The Labute approximate surface area is 122 Å². The number of nitrogens with zero attached hydrogens (tertiary/aromatic N) is 4. The quantitative estimate of drug-likeness (QED) is 0.339. The number of fused-ring (bicyclic) bond motifs is 1. The molecular weight excluding hydrogens is 274 g/mol. The fourth-order valence-corrected chi connectivity index (χ4v) is 3.04. The highest BCUT2D eigenvalue weighted by Gasteiger charge is 2.47. The van der Waals surface area contributed by atoms with Crippen molar-refractivity contribution in [2.75, 3.05) is 19.8 Å². The Morgan fingerprint density at radius 1 is 1.43 bits per heavy atom. The molecule has 3 rings (SSSR count). The summed E-state index contributed by atoms with van der Waals surface area (Å²) in [7, 11) is 0. The first-order valence-corrected chi connectivity index (χ1v) is 7.02. The fourth-order valence-electron chi connectivity index (χ4n) is 3.04. The van der Waals surface area contributed by atoms with Crippen molar-refractivity contribution in [3.8, 4) is 0 Å². The predicted molar refractivity (Wildman–Crippen MR) is 73.5 cm³/mol. The SMILES string of the molecule is NC(=NO)C1(C(=O)N2CCn3ccnc3C2)CCOCC1. The van der Waals surface area contributed by atoms with Crippen LogP contribution in [0.1, 0.15) is 18.7 Å². The Kier molecular flexibility index (Phi) is 3.54. The molecule has 1 saturated heterocycles. The maximum absolute atomic E-state index is 13.0. The van der Waals surface area contributed by atoms with Gasteiger partial charge in [0.15, 0.2) is 5.84 Å². The summed E-state index contributed by atoms with van der Waals surface area (Å²) in [6.45, 7) is 2.63. The maximum Gasteiger partial charge on any atom is 0.237 e. The summed E-state index contributed by atoms with van der Waals surface area (Å²) in [5, 5.41) is 12.2. The minimum absolute atomic E-state index is 0.0234. The second kappa shape index (κ2) is 5.36. The van der Waals surface area contributed by atoms with Crippen LogP contribution < -0.4 is 5.73 Å². The van der Waals surface area contributed by atoms with Gasteiger partial charge in [-0.3, -0.25) is 4.79 Å². The number of rotatable bonds is 2. The predicted octanol–water partition coefficient (Wildman–Crippen LogP) is -0.232. The number of nitrogens with two attached hydrogens (primary N) is 1. The zero-order valence-electron chi connectivity index (χ0n) is 11.7.